The van der Waals surface area contributed by atoms with Crippen LogP contribution in [0.4, 0.5) is 0 Å². The summed E-state index contributed by atoms with van der Waals surface area (Å²) < 4.78 is 37.5. The molecule has 2 aromatic rings. The molecule has 138 valence electrons. The van der Waals surface area contributed by atoms with Crippen molar-refractivity contribution in [1.82, 2.24) is 0 Å². The molecule has 3 rings (SSSR count). The summed E-state index contributed by atoms with van der Waals surface area (Å²) in [5.41, 5.74) is 2.62. The first-order valence-electron chi connectivity index (χ1n) is 6.74. The molecule has 0 bridgehead atoms. The van der Waals surface area contributed by atoms with Gasteiger partial charge in [0.15, 0.2) is 0 Å². The fraction of sp³-hybridized carbons (Fsp3) is 0. The minimum Gasteiger partial charge on any atom is 0 e. The van der Waals surface area contributed by atoms with Gasteiger partial charge in [-0.15, -0.1) is 0 Å². The van der Waals surface area contributed by atoms with Crippen molar-refractivity contribution < 1.29 is 44.3 Å². The second kappa shape index (κ2) is 27.0. The molecule has 0 N–H and O–H groups in total. The van der Waals surface area contributed by atoms with Gasteiger partial charge in [0.25, 0.3) is 0 Å². The van der Waals surface area contributed by atoms with Gasteiger partial charge in [-0.3, -0.25) is 0 Å². The van der Waals surface area contributed by atoms with Crippen molar-refractivity contribution in [3.63, 3.8) is 0 Å². The molecule has 0 aliphatic carbocycles. The predicted octanol–water partition coefficient (Wildman–Crippen LogP) is 4.26. The van der Waals surface area contributed by atoms with Gasteiger partial charge in [0.1, 0.15) is 0 Å². The summed E-state index contributed by atoms with van der Waals surface area (Å²) >= 11 is 0. The zero-order valence-electron chi connectivity index (χ0n) is 14.4. The van der Waals surface area contributed by atoms with Gasteiger partial charge in [-0.05, 0) is 24.4 Å². The Morgan fingerprint density at radius 1 is 0.500 bits per heavy atom. The number of rotatable bonds is 1. The van der Waals surface area contributed by atoms with E-state index in [4.69, 9.17) is 23.3 Å². The Labute approximate surface area is 180 Å². The molecule has 0 saturated carbocycles. The van der Waals surface area contributed by atoms with Crippen LogP contribution in [0.1, 0.15) is 11.1 Å². The van der Waals surface area contributed by atoms with E-state index in [0.717, 1.165) is 0 Å². The summed E-state index contributed by atoms with van der Waals surface area (Å²) in [6.07, 6.45) is 4.49. The number of hydrogen-bond acceptors (Lipinski definition) is 0. The zero-order valence-corrected chi connectivity index (χ0v) is 17.3. The molecule has 0 aromatic heterocycles. The first-order chi connectivity index (χ1) is 13.4. The summed E-state index contributed by atoms with van der Waals surface area (Å²) in [7, 11) is -0.301. The molecule has 0 saturated heterocycles. The maximum Gasteiger partial charge on any atom is 0 e. The molecular formula is C21H13MoO5P. The molecule has 0 unspecified atom stereocenters. The molecule has 5 nitrogen and oxygen atoms in total. The van der Waals surface area contributed by atoms with Crippen LogP contribution in [-0.2, 0) is 44.3 Å². The van der Waals surface area contributed by atoms with Crippen molar-refractivity contribution in [1.29, 1.82) is 0 Å². The summed E-state index contributed by atoms with van der Waals surface area (Å²) in [4.78, 5) is 0. The maximum atomic E-state index is 7.50. The van der Waals surface area contributed by atoms with E-state index < -0.39 is 0 Å². The zero-order chi connectivity index (χ0) is 21.5. The van der Waals surface area contributed by atoms with Gasteiger partial charge in [-0.1, -0.05) is 78.4 Å². The summed E-state index contributed by atoms with van der Waals surface area (Å²) in [5.74, 6) is 4.65. The molecule has 0 spiro atoms. The van der Waals surface area contributed by atoms with Crippen molar-refractivity contribution in [3.8, 4) is 0 Å². The molecule has 0 radical (unpaired) electrons. The van der Waals surface area contributed by atoms with E-state index in [9.17, 15) is 0 Å². The molecule has 0 fully saturated rings. The van der Waals surface area contributed by atoms with Gasteiger partial charge in [0, 0.05) is 21.1 Å². The molecule has 1 aliphatic rings. The van der Waals surface area contributed by atoms with E-state index in [2.05, 4.69) is 112 Å². The minimum atomic E-state index is -0.301. The van der Waals surface area contributed by atoms with Gasteiger partial charge < -0.3 is 0 Å². The molecular weight excluding hydrogens is 459 g/mol. The monoisotopic (exact) mass is 474 g/mol. The van der Waals surface area contributed by atoms with Crippen LogP contribution in [-0.4, -0.2) is 0 Å². The molecule has 28 heavy (non-hydrogen) atoms. The van der Waals surface area contributed by atoms with Crippen molar-refractivity contribution in [2.75, 3.05) is 0 Å². The SMILES string of the molecule is C1=CP(c2ccccc2)C=Cc2ccccc21.[C-]#[O+].[C-]#[O+].[C-]#[O+].[C-]#[O+].[C-]#[O+].[Mo]. The van der Waals surface area contributed by atoms with E-state index in [1.165, 1.54) is 16.4 Å². The molecule has 7 heteroatoms. The quantitative estimate of drug-likeness (QED) is 0.257. The van der Waals surface area contributed by atoms with Crippen LogP contribution in [0.2, 0.25) is 0 Å². The average molecular weight is 472 g/mol. The Kier molecular flexibility index (Phi) is 32.1. The predicted molar refractivity (Wildman–Crippen MR) is 97.2 cm³/mol. The van der Waals surface area contributed by atoms with Crippen LogP contribution in [0.15, 0.2) is 66.2 Å². The Hall–Kier alpha value is -2.26. The first-order valence-corrected chi connectivity index (χ1v) is 8.22. The van der Waals surface area contributed by atoms with Gasteiger partial charge in [0.05, 0.1) is 0 Å². The second-order valence-corrected chi connectivity index (χ2v) is 5.93. The van der Waals surface area contributed by atoms with E-state index in [-0.39, 0.29) is 29.0 Å². The number of benzene rings is 2. The van der Waals surface area contributed by atoms with Crippen LogP contribution in [0.5, 0.6) is 0 Å². The van der Waals surface area contributed by atoms with Crippen LogP contribution >= 0.6 is 7.92 Å². The summed E-state index contributed by atoms with van der Waals surface area (Å²) in [5, 5.41) is 1.41. The third kappa shape index (κ3) is 13.0. The normalized spacial score (nSPS) is 9.07. The second-order valence-electron chi connectivity index (χ2n) is 4.00. The van der Waals surface area contributed by atoms with Crippen LogP contribution in [0.3, 0.4) is 0 Å². The molecule has 2 aromatic carbocycles. The van der Waals surface area contributed by atoms with Crippen molar-refractivity contribution in [2.24, 2.45) is 0 Å². The van der Waals surface area contributed by atoms with E-state index in [1.807, 2.05) is 0 Å². The van der Waals surface area contributed by atoms with E-state index in [1.54, 1.807) is 0 Å². The van der Waals surface area contributed by atoms with E-state index in [0.29, 0.717) is 0 Å². The van der Waals surface area contributed by atoms with Crippen LogP contribution in [0, 0.1) is 33.3 Å². The van der Waals surface area contributed by atoms with Crippen LogP contribution < -0.4 is 5.30 Å². The van der Waals surface area contributed by atoms with E-state index >= 15 is 0 Å². The Morgan fingerprint density at radius 2 is 0.821 bits per heavy atom. The topological polar surface area (TPSA) is 99.5 Å². The molecule has 1 aliphatic heterocycles. The van der Waals surface area contributed by atoms with Crippen molar-refractivity contribution >= 4 is 25.4 Å². The van der Waals surface area contributed by atoms with Gasteiger partial charge in [-0.25, -0.2) is 0 Å². The van der Waals surface area contributed by atoms with Crippen molar-refractivity contribution in [3.05, 3.63) is 111 Å². The van der Waals surface area contributed by atoms with Gasteiger partial charge in [0.2, 0.25) is 0 Å². The number of hydrogen-bond donors (Lipinski definition) is 0. The van der Waals surface area contributed by atoms with Gasteiger partial charge >= 0.3 is 56.5 Å². The first kappa shape index (κ1) is 33.3. The molecule has 0 amide bonds. The third-order valence-corrected chi connectivity index (χ3v) is 4.71. The fourth-order valence-corrected chi connectivity index (χ4v) is 3.56. The maximum absolute atomic E-state index is 7.50. The fourth-order valence-electron chi connectivity index (χ4n) is 1.96. The Balaban J connectivity index is -0.000000230. The van der Waals surface area contributed by atoms with Crippen molar-refractivity contribution in [2.45, 2.75) is 0 Å². The van der Waals surface area contributed by atoms with Gasteiger partial charge in [-0.2, -0.15) is 0 Å². The summed E-state index contributed by atoms with van der Waals surface area (Å²) in [6.45, 7) is 22.5. The molecule has 0 atom stereocenters. The van der Waals surface area contributed by atoms with Crippen LogP contribution in [0.25, 0.3) is 12.2 Å². The third-order valence-electron chi connectivity index (χ3n) is 2.88. The standard InChI is InChI=1S/C16H13P.5CO.Mo/c1-2-8-16(9-3-1)17-12-10-14-6-4-5-7-15(14)11-13-17;5*1-2;/h1-13H;;;;;;. The Bertz CT molecular complexity index is 722. The minimum absolute atomic E-state index is 0. The summed E-state index contributed by atoms with van der Waals surface area (Å²) in [6, 6.07) is 19.2. The number of fused-ring (bicyclic) bond motifs is 1. The smallest absolute Gasteiger partial charge is 0 e. The molecule has 1 heterocycles. The largest absolute Gasteiger partial charge is 0 e. The average Bonchev–Trinajstić information content (AvgIpc) is 3.04. The Morgan fingerprint density at radius 3 is 1.18 bits per heavy atom.